The first kappa shape index (κ1) is 21.3. The fraction of sp³-hybridized carbons (Fsp3) is 0.474. The van der Waals surface area contributed by atoms with Crippen molar-refractivity contribution in [3.05, 3.63) is 35.2 Å². The lowest BCUT2D eigenvalue weighted by Crippen LogP contribution is -2.43. The molecule has 1 aromatic rings. The van der Waals surface area contributed by atoms with Crippen molar-refractivity contribution in [1.82, 2.24) is 4.90 Å². The summed E-state index contributed by atoms with van der Waals surface area (Å²) < 4.78 is 52.4. The van der Waals surface area contributed by atoms with E-state index in [2.05, 4.69) is 0 Å². The van der Waals surface area contributed by atoms with Crippen LogP contribution < -0.4 is 4.74 Å². The van der Waals surface area contributed by atoms with Crippen molar-refractivity contribution in [2.45, 2.75) is 26.0 Å². The molecule has 1 atom stereocenters. The van der Waals surface area contributed by atoms with E-state index in [1.54, 1.807) is 6.92 Å². The lowest BCUT2D eigenvalue weighted by molar-refractivity contribution is -0.149. The number of carbonyl (C=O) groups is 2. The van der Waals surface area contributed by atoms with E-state index in [9.17, 15) is 22.4 Å². The minimum atomic E-state index is -3.13. The average molecular weight is 427 g/mol. The lowest BCUT2D eigenvalue weighted by atomic mass is 10.1. The molecule has 29 heavy (non-hydrogen) atoms. The maximum Gasteiger partial charge on any atom is 0.331 e. The summed E-state index contributed by atoms with van der Waals surface area (Å²) in [6.45, 7) is 1.79. The van der Waals surface area contributed by atoms with Gasteiger partial charge in [0.25, 0.3) is 5.91 Å². The smallest absolute Gasteiger partial charge is 0.331 e. The third-order valence-corrected chi connectivity index (χ3v) is 6.50. The van der Waals surface area contributed by atoms with Gasteiger partial charge >= 0.3 is 5.97 Å². The van der Waals surface area contributed by atoms with E-state index in [1.165, 1.54) is 23.1 Å². The molecule has 1 unspecified atom stereocenters. The molecule has 0 bridgehead atoms. The van der Waals surface area contributed by atoms with Crippen LogP contribution in [0.15, 0.2) is 18.2 Å². The second-order valence-electron chi connectivity index (χ2n) is 6.77. The maximum absolute atomic E-state index is 13.7. The Hall–Kier alpha value is -2.46. The van der Waals surface area contributed by atoms with Crippen LogP contribution in [0.5, 0.6) is 5.75 Å². The van der Waals surface area contributed by atoms with Gasteiger partial charge in [0.2, 0.25) is 0 Å². The van der Waals surface area contributed by atoms with E-state index in [0.29, 0.717) is 29.8 Å². The molecule has 8 nitrogen and oxygen atoms in total. The summed E-state index contributed by atoms with van der Waals surface area (Å²) in [4.78, 5) is 25.7. The summed E-state index contributed by atoms with van der Waals surface area (Å²) in [5.74, 6) is -1.33. The van der Waals surface area contributed by atoms with E-state index in [-0.39, 0.29) is 24.9 Å². The fourth-order valence-corrected chi connectivity index (χ4v) is 5.14. The van der Waals surface area contributed by atoms with Crippen molar-refractivity contribution < 1.29 is 36.6 Å². The molecule has 0 saturated carbocycles. The van der Waals surface area contributed by atoms with E-state index in [4.69, 9.17) is 14.2 Å². The van der Waals surface area contributed by atoms with Crippen LogP contribution in [0.1, 0.15) is 24.5 Å². The summed E-state index contributed by atoms with van der Waals surface area (Å²) >= 11 is 0. The maximum atomic E-state index is 13.7. The van der Waals surface area contributed by atoms with Gasteiger partial charge in [-0.05, 0) is 31.6 Å². The monoisotopic (exact) mass is 427 g/mol. The summed E-state index contributed by atoms with van der Waals surface area (Å²) in [7, 11) is -3.13. The molecule has 1 saturated heterocycles. The van der Waals surface area contributed by atoms with Gasteiger partial charge in [-0.1, -0.05) is 0 Å². The predicted molar refractivity (Wildman–Crippen MR) is 101 cm³/mol. The van der Waals surface area contributed by atoms with Crippen LogP contribution in [0.3, 0.4) is 0 Å². The SMILES string of the molecule is CCN(C(=O)COC(=O)C=Cc1cc(F)cc2c1OCOC2)C1CCS(=O)(=O)C1. The van der Waals surface area contributed by atoms with Crippen molar-refractivity contribution in [3.63, 3.8) is 0 Å². The third kappa shape index (κ3) is 5.33. The van der Waals surface area contributed by atoms with Gasteiger partial charge < -0.3 is 19.1 Å². The molecular formula is C19H22FNO7S. The largest absolute Gasteiger partial charge is 0.467 e. The van der Waals surface area contributed by atoms with E-state index >= 15 is 0 Å². The zero-order valence-corrected chi connectivity index (χ0v) is 16.7. The Labute approximate surface area is 168 Å². The molecular weight excluding hydrogens is 405 g/mol. The quantitative estimate of drug-likeness (QED) is 0.498. The van der Waals surface area contributed by atoms with E-state index in [1.807, 2.05) is 0 Å². The number of esters is 1. The van der Waals surface area contributed by atoms with Crippen molar-refractivity contribution in [2.24, 2.45) is 0 Å². The van der Waals surface area contributed by atoms with E-state index in [0.717, 1.165) is 6.08 Å². The Morgan fingerprint density at radius 2 is 2.17 bits per heavy atom. The van der Waals surface area contributed by atoms with Gasteiger partial charge in [-0.3, -0.25) is 4.79 Å². The summed E-state index contributed by atoms with van der Waals surface area (Å²) in [6.07, 6.45) is 2.81. The lowest BCUT2D eigenvalue weighted by Gasteiger charge is -2.26. The standard InChI is InChI=1S/C19H22FNO7S/c1-2-21(16-5-6-29(24,25)11-16)17(22)10-27-18(23)4-3-13-7-15(20)8-14-9-26-12-28-19(13)14/h3-4,7-8,16H,2,5-6,9-12H2,1H3. The molecule has 1 amide bonds. The van der Waals surface area contributed by atoms with Gasteiger partial charge in [-0.25, -0.2) is 17.6 Å². The molecule has 1 fully saturated rings. The zero-order chi connectivity index (χ0) is 21.0. The molecule has 1 aromatic carbocycles. The molecule has 0 spiro atoms. The van der Waals surface area contributed by atoms with Crippen LogP contribution in [0.2, 0.25) is 0 Å². The minimum absolute atomic E-state index is 0.0299. The molecule has 2 aliphatic heterocycles. The first-order valence-electron chi connectivity index (χ1n) is 9.16. The first-order valence-corrected chi connectivity index (χ1v) is 11.0. The fourth-order valence-electron chi connectivity index (χ4n) is 3.41. The second kappa shape index (κ2) is 8.91. The van der Waals surface area contributed by atoms with Crippen LogP contribution in [0.25, 0.3) is 6.08 Å². The normalized spacial score (nSPS) is 20.1. The average Bonchev–Trinajstić information content (AvgIpc) is 3.04. The van der Waals surface area contributed by atoms with Gasteiger partial charge in [-0.15, -0.1) is 0 Å². The number of sulfone groups is 1. The second-order valence-corrected chi connectivity index (χ2v) is 9.00. The van der Waals surface area contributed by atoms with Gasteiger partial charge in [-0.2, -0.15) is 0 Å². The molecule has 158 valence electrons. The molecule has 0 radical (unpaired) electrons. The number of amides is 1. The van der Waals surface area contributed by atoms with Crippen molar-refractivity contribution in [1.29, 1.82) is 0 Å². The summed E-state index contributed by atoms with van der Waals surface area (Å²) in [5.41, 5.74) is 0.891. The van der Waals surface area contributed by atoms with Crippen molar-refractivity contribution in [3.8, 4) is 5.75 Å². The molecule has 0 aliphatic carbocycles. The van der Waals surface area contributed by atoms with Crippen molar-refractivity contribution in [2.75, 3.05) is 31.5 Å². The van der Waals surface area contributed by atoms with Crippen LogP contribution in [0, 0.1) is 5.82 Å². The Kier molecular flexibility index (Phi) is 6.53. The Bertz CT molecular complexity index is 929. The molecule has 2 aliphatic rings. The highest BCUT2D eigenvalue weighted by Crippen LogP contribution is 2.30. The number of carbonyl (C=O) groups excluding carboxylic acids is 2. The number of fused-ring (bicyclic) bond motifs is 1. The molecule has 2 heterocycles. The van der Waals surface area contributed by atoms with Crippen LogP contribution in [-0.4, -0.2) is 62.7 Å². The third-order valence-electron chi connectivity index (χ3n) is 4.75. The van der Waals surface area contributed by atoms with Crippen LogP contribution in [-0.2, 0) is 35.5 Å². The highest BCUT2D eigenvalue weighted by atomic mass is 32.2. The number of nitrogens with zero attached hydrogens (tertiary/aromatic N) is 1. The predicted octanol–water partition coefficient (Wildman–Crippen LogP) is 1.28. The topological polar surface area (TPSA) is 99.2 Å². The number of rotatable bonds is 6. The number of likely N-dealkylation sites (N-methyl/N-ethyl adjacent to an activating group) is 1. The number of halogens is 1. The number of hydrogen-bond donors (Lipinski definition) is 0. The van der Waals surface area contributed by atoms with Gasteiger partial charge in [0, 0.05) is 29.8 Å². The number of hydrogen-bond acceptors (Lipinski definition) is 7. The Balaban J connectivity index is 1.58. The molecule has 3 rings (SSSR count). The first-order chi connectivity index (χ1) is 13.8. The van der Waals surface area contributed by atoms with Gasteiger partial charge in [0.1, 0.15) is 11.6 Å². The highest BCUT2D eigenvalue weighted by molar-refractivity contribution is 7.91. The number of ether oxygens (including phenoxy) is 3. The molecule has 0 aromatic heterocycles. The summed E-state index contributed by atoms with van der Waals surface area (Å²) in [5, 5.41) is 0. The van der Waals surface area contributed by atoms with Gasteiger partial charge in [0.05, 0.1) is 18.1 Å². The number of benzene rings is 1. The highest BCUT2D eigenvalue weighted by Gasteiger charge is 2.34. The molecule has 10 heteroatoms. The van der Waals surface area contributed by atoms with Gasteiger partial charge in [0.15, 0.2) is 23.2 Å². The van der Waals surface area contributed by atoms with Crippen LogP contribution >= 0.6 is 0 Å². The Morgan fingerprint density at radius 1 is 1.38 bits per heavy atom. The Morgan fingerprint density at radius 3 is 2.86 bits per heavy atom. The van der Waals surface area contributed by atoms with Crippen molar-refractivity contribution >= 4 is 27.8 Å². The van der Waals surface area contributed by atoms with Crippen LogP contribution in [0.4, 0.5) is 4.39 Å². The minimum Gasteiger partial charge on any atom is -0.467 e. The summed E-state index contributed by atoms with van der Waals surface area (Å²) in [6, 6.07) is 2.12. The molecule has 0 N–H and O–H groups in total. The zero-order valence-electron chi connectivity index (χ0n) is 15.9. The van der Waals surface area contributed by atoms with E-state index < -0.39 is 40.2 Å².